The number of esters is 1. The molecular weight excluding hydrogens is 534 g/mol. The van der Waals surface area contributed by atoms with Crippen LogP contribution in [0.25, 0.3) is 22.2 Å². The predicted molar refractivity (Wildman–Crippen MR) is 166 cm³/mol. The molecule has 1 fully saturated rings. The summed E-state index contributed by atoms with van der Waals surface area (Å²) in [5.41, 5.74) is 5.75. The summed E-state index contributed by atoms with van der Waals surface area (Å²) in [7, 11) is 5.47. The van der Waals surface area contributed by atoms with Gasteiger partial charge in [-0.3, -0.25) is 14.3 Å². The average Bonchev–Trinajstić information content (AvgIpc) is 3.47. The third-order valence-corrected chi connectivity index (χ3v) is 9.69. The van der Waals surface area contributed by atoms with E-state index in [2.05, 4.69) is 48.3 Å². The minimum atomic E-state index is -0.671. The first-order chi connectivity index (χ1) is 19.7. The van der Waals surface area contributed by atoms with Crippen molar-refractivity contribution >= 4 is 34.9 Å². The Morgan fingerprint density at radius 1 is 1.12 bits per heavy atom. The molecule has 2 aliphatic rings. The highest BCUT2D eigenvalue weighted by Gasteiger charge is 2.70. The number of methoxy groups -OCH3 is 1. The second kappa shape index (κ2) is 11.7. The van der Waals surface area contributed by atoms with Crippen LogP contribution in [0.15, 0.2) is 36.4 Å². The zero-order chi connectivity index (χ0) is 29.5. The van der Waals surface area contributed by atoms with Gasteiger partial charge < -0.3 is 14.0 Å². The number of nitrogens with zero attached hydrogens (tertiary/aromatic N) is 2. The van der Waals surface area contributed by atoms with Gasteiger partial charge in [-0.2, -0.15) is 0 Å². The maximum Gasteiger partial charge on any atom is 0.314 e. The van der Waals surface area contributed by atoms with Crippen LogP contribution in [0.5, 0.6) is 5.75 Å². The van der Waals surface area contributed by atoms with Crippen molar-refractivity contribution in [3.63, 3.8) is 0 Å². The molecule has 1 aliphatic carbocycles. The summed E-state index contributed by atoms with van der Waals surface area (Å²) < 4.78 is 18.5. The fourth-order valence-corrected chi connectivity index (χ4v) is 7.55. The minimum Gasteiger partial charge on any atom is -0.497 e. The van der Waals surface area contributed by atoms with Gasteiger partial charge in [0.05, 0.1) is 24.8 Å². The second-order valence-corrected chi connectivity index (χ2v) is 12.8. The van der Waals surface area contributed by atoms with Crippen LogP contribution >= 0.6 is 12.1 Å². The van der Waals surface area contributed by atoms with Gasteiger partial charge in [0.15, 0.2) is 0 Å². The first kappa shape index (κ1) is 29.5. The lowest BCUT2D eigenvalue weighted by Crippen LogP contribution is -2.27. The average molecular weight is 578 g/mol. The molecule has 2 unspecified atom stereocenters. The fourth-order valence-electron chi connectivity index (χ4n) is 7.17. The number of aromatic nitrogens is 1. The standard InChI is InChI=1S/C33H43N3O4S/c1-8-11-21(12-9-2)28-25-15-13-22(31(37)34-41-35(5)6)17-27(25)36-19-33(32(38)40-10-3)20(4)29(33)26-18-23(39-7)14-16-24(26)30(28)36/h13-18,20-21,29H,8-12,19H2,1-7H3,(H,34,37)/t20-,29?,33?/m0/s1. The van der Waals surface area contributed by atoms with E-state index in [9.17, 15) is 9.59 Å². The fraction of sp³-hybridized carbons (Fsp3) is 0.515. The van der Waals surface area contributed by atoms with E-state index in [1.807, 2.05) is 43.5 Å². The molecule has 7 nitrogen and oxygen atoms in total. The van der Waals surface area contributed by atoms with E-state index in [0.29, 0.717) is 24.6 Å². The first-order valence-electron chi connectivity index (χ1n) is 14.9. The number of hydrogen-bond acceptors (Lipinski definition) is 6. The highest BCUT2D eigenvalue weighted by atomic mass is 32.2. The molecule has 0 radical (unpaired) electrons. The number of benzene rings is 2. The molecule has 0 saturated heterocycles. The van der Waals surface area contributed by atoms with E-state index >= 15 is 0 Å². The predicted octanol–water partition coefficient (Wildman–Crippen LogP) is 7.15. The second-order valence-electron chi connectivity index (χ2n) is 11.7. The molecular formula is C33H43N3O4S. The van der Waals surface area contributed by atoms with Crippen LogP contribution < -0.4 is 9.46 Å². The number of ether oxygens (including phenoxy) is 2. The lowest BCUT2D eigenvalue weighted by Gasteiger charge is -2.21. The Balaban J connectivity index is 1.81. The Kier molecular flexibility index (Phi) is 8.44. The number of rotatable bonds is 11. The highest BCUT2D eigenvalue weighted by molar-refractivity contribution is 7.95. The van der Waals surface area contributed by atoms with Crippen molar-refractivity contribution in [3.8, 4) is 17.0 Å². The molecule has 8 heteroatoms. The summed E-state index contributed by atoms with van der Waals surface area (Å²) in [5, 5.41) is 1.16. The van der Waals surface area contributed by atoms with Crippen LogP contribution in [-0.2, 0) is 16.1 Å². The van der Waals surface area contributed by atoms with Crippen LogP contribution in [0.4, 0.5) is 0 Å². The Hall–Kier alpha value is -2.97. The van der Waals surface area contributed by atoms with Gasteiger partial charge in [-0.05, 0) is 87.2 Å². The van der Waals surface area contributed by atoms with Gasteiger partial charge in [-0.25, -0.2) is 4.31 Å². The van der Waals surface area contributed by atoms with E-state index in [-0.39, 0.29) is 23.7 Å². The maximum absolute atomic E-state index is 13.8. The Morgan fingerprint density at radius 2 is 1.85 bits per heavy atom. The van der Waals surface area contributed by atoms with Crippen molar-refractivity contribution < 1.29 is 19.1 Å². The van der Waals surface area contributed by atoms with Crippen molar-refractivity contribution in [2.24, 2.45) is 11.3 Å². The third-order valence-electron chi connectivity index (χ3n) is 9.05. The maximum atomic E-state index is 13.8. The zero-order valence-corrected chi connectivity index (χ0v) is 26.2. The minimum absolute atomic E-state index is 0.0354. The van der Waals surface area contributed by atoms with Gasteiger partial charge in [0.1, 0.15) is 5.75 Å². The molecule has 1 aromatic heterocycles. The molecule has 5 rings (SSSR count). The lowest BCUT2D eigenvalue weighted by molar-refractivity contribution is -0.151. The van der Waals surface area contributed by atoms with Gasteiger partial charge in [0.2, 0.25) is 0 Å². The lowest BCUT2D eigenvalue weighted by atomic mass is 9.85. The number of fused-ring (bicyclic) bond motifs is 7. The highest BCUT2D eigenvalue weighted by Crippen LogP contribution is 2.70. The molecule has 1 aliphatic heterocycles. The van der Waals surface area contributed by atoms with Crippen LogP contribution in [0.1, 0.15) is 86.7 Å². The quantitative estimate of drug-likeness (QED) is 0.193. The summed E-state index contributed by atoms with van der Waals surface area (Å²) in [6, 6.07) is 12.4. The topological polar surface area (TPSA) is 72.8 Å². The van der Waals surface area contributed by atoms with Gasteiger partial charge in [-0.15, -0.1) is 0 Å². The van der Waals surface area contributed by atoms with Crippen molar-refractivity contribution in [1.29, 1.82) is 0 Å². The SMILES string of the molecule is CCCC(CCC)c1c2n(c3cc(C(=O)NSN(C)C)ccc13)CC1(C(=O)OCC)C(c3cc(OC)ccc3-2)[C@@H]1C. The molecule has 2 aromatic carbocycles. The number of nitrogens with one attached hydrogen (secondary N) is 1. The van der Waals surface area contributed by atoms with E-state index in [1.54, 1.807) is 7.11 Å². The van der Waals surface area contributed by atoms with Gasteiger partial charge in [0, 0.05) is 46.6 Å². The van der Waals surface area contributed by atoms with Gasteiger partial charge in [-0.1, -0.05) is 39.7 Å². The monoisotopic (exact) mass is 577 g/mol. The van der Waals surface area contributed by atoms with Crippen LogP contribution in [0.2, 0.25) is 0 Å². The van der Waals surface area contributed by atoms with Gasteiger partial charge in [0.25, 0.3) is 5.91 Å². The molecule has 220 valence electrons. The molecule has 1 saturated carbocycles. The number of hydrogen-bond donors (Lipinski definition) is 1. The van der Waals surface area contributed by atoms with Crippen molar-refractivity contribution in [2.75, 3.05) is 27.8 Å². The first-order valence-corrected chi connectivity index (χ1v) is 15.7. The van der Waals surface area contributed by atoms with E-state index in [0.717, 1.165) is 53.5 Å². The van der Waals surface area contributed by atoms with Crippen molar-refractivity contribution in [2.45, 2.75) is 71.8 Å². The summed E-state index contributed by atoms with van der Waals surface area (Å²) in [4.78, 5) is 26.9. The largest absolute Gasteiger partial charge is 0.497 e. The summed E-state index contributed by atoms with van der Waals surface area (Å²) >= 11 is 1.26. The molecule has 3 aromatic rings. The number of carbonyl (C=O) groups is 2. The normalized spacial score (nSPS) is 20.8. The Morgan fingerprint density at radius 3 is 2.49 bits per heavy atom. The van der Waals surface area contributed by atoms with Crippen LogP contribution in [0.3, 0.4) is 0 Å². The zero-order valence-electron chi connectivity index (χ0n) is 25.4. The smallest absolute Gasteiger partial charge is 0.314 e. The summed E-state index contributed by atoms with van der Waals surface area (Å²) in [5.74, 6) is 1.03. The Bertz CT molecular complexity index is 1460. The molecule has 0 bridgehead atoms. The molecule has 1 N–H and O–H groups in total. The summed E-state index contributed by atoms with van der Waals surface area (Å²) in [6.45, 7) is 9.39. The molecule has 2 heterocycles. The molecule has 3 atom stereocenters. The molecule has 0 spiro atoms. The van der Waals surface area contributed by atoms with Crippen LogP contribution in [-0.4, -0.2) is 48.6 Å². The van der Waals surface area contributed by atoms with E-state index in [1.165, 1.54) is 23.4 Å². The summed E-state index contributed by atoms with van der Waals surface area (Å²) in [6.07, 6.45) is 4.33. The number of carbonyl (C=O) groups excluding carboxylic acids is 2. The molecule has 1 amide bonds. The van der Waals surface area contributed by atoms with Crippen molar-refractivity contribution in [1.82, 2.24) is 13.6 Å². The van der Waals surface area contributed by atoms with Gasteiger partial charge >= 0.3 is 5.97 Å². The Labute approximate surface area is 248 Å². The third kappa shape index (κ3) is 4.93. The molecule has 41 heavy (non-hydrogen) atoms. The van der Waals surface area contributed by atoms with Crippen molar-refractivity contribution in [3.05, 3.63) is 53.1 Å². The van der Waals surface area contributed by atoms with E-state index in [4.69, 9.17) is 9.47 Å². The van der Waals surface area contributed by atoms with E-state index < -0.39 is 5.41 Å². The van der Waals surface area contributed by atoms with Crippen LogP contribution in [0, 0.1) is 11.3 Å². The number of amides is 1.